The van der Waals surface area contributed by atoms with Crippen LogP contribution in [0.1, 0.15) is 44.5 Å². The zero-order valence-corrected chi connectivity index (χ0v) is 32.3. The molecule has 0 spiro atoms. The molecule has 3 radical (unpaired) electrons. The molecule has 0 atom stereocenters. The second kappa shape index (κ2) is 17.7. The Morgan fingerprint density at radius 1 is 0.867 bits per heavy atom. The summed E-state index contributed by atoms with van der Waals surface area (Å²) in [5.74, 6) is -0.659. The number of rotatable bonds is 0. The van der Waals surface area contributed by atoms with E-state index in [4.69, 9.17) is 4.74 Å². The molecule has 1 N–H and O–H groups in total. The molecular formula is C32H32BBr3F3N3NaO2. The summed E-state index contributed by atoms with van der Waals surface area (Å²) in [5.41, 5.74) is 3.76. The van der Waals surface area contributed by atoms with Crippen LogP contribution in [0.4, 0.5) is 18.0 Å². The van der Waals surface area contributed by atoms with E-state index in [9.17, 15) is 18.0 Å². The fraction of sp³-hybridized carbons (Fsp3) is 0.312. The molecule has 4 aromatic rings. The van der Waals surface area contributed by atoms with Crippen LogP contribution in [0.25, 0.3) is 10.8 Å². The zero-order valence-electron chi connectivity index (χ0n) is 26.5. The van der Waals surface area contributed by atoms with Crippen molar-refractivity contribution in [2.45, 2.75) is 52.3 Å². The Labute approximate surface area is 312 Å². The minimum absolute atomic E-state index is 0. The number of nitrogens with one attached hydrogen (secondary N) is 1. The van der Waals surface area contributed by atoms with E-state index in [1.807, 2.05) is 26.8 Å². The van der Waals surface area contributed by atoms with Gasteiger partial charge in [0.1, 0.15) is 23.1 Å². The molecule has 0 unspecified atom stereocenters. The smallest absolute Gasteiger partial charge is 1.00 e. The predicted octanol–water partition coefficient (Wildman–Crippen LogP) is 5.99. The monoisotopic (exact) mass is 818 g/mol. The van der Waals surface area contributed by atoms with Crippen LogP contribution in [0.3, 0.4) is 0 Å². The average molecular weight is 821 g/mol. The molecule has 6 rings (SSSR count). The summed E-state index contributed by atoms with van der Waals surface area (Å²) >= 11 is 9.46. The van der Waals surface area contributed by atoms with Gasteiger partial charge in [0.05, 0.1) is 13.4 Å². The molecule has 3 aromatic carbocycles. The molecule has 5 nitrogen and oxygen atoms in total. The zero-order chi connectivity index (χ0) is 31.3. The standard InChI is InChI=1S/C14H17BrFNO2.C9H9BrFN.C9H5BrFN.B.Na.H/c1-14(2,3)19-13(18)17-5-4-9-7-12(16)11(15)6-10(9)8-17;2*10-8-3-7-5-12-2-1-6(7)4-9(8)11;;;/h6-7H,4-5,8H2,1-3H3;3-4,12H,1-2,5H2;1-5H;;;/q;;;;+1;-1. The maximum Gasteiger partial charge on any atom is 1.00 e. The van der Waals surface area contributed by atoms with Crippen LogP contribution < -0.4 is 34.9 Å². The number of nitrogens with zero attached hydrogens (tertiary/aromatic N) is 2. The van der Waals surface area contributed by atoms with E-state index in [1.165, 1.54) is 17.7 Å². The molecule has 0 fully saturated rings. The van der Waals surface area contributed by atoms with Crippen LogP contribution in [-0.2, 0) is 30.7 Å². The van der Waals surface area contributed by atoms with Crippen molar-refractivity contribution in [3.05, 3.63) is 108 Å². The van der Waals surface area contributed by atoms with Crippen molar-refractivity contribution in [2.24, 2.45) is 0 Å². The first-order chi connectivity index (χ1) is 20.3. The Balaban J connectivity index is 0.000000346. The fourth-order valence-electron chi connectivity index (χ4n) is 4.58. The van der Waals surface area contributed by atoms with Gasteiger partial charge in [-0.3, -0.25) is 4.98 Å². The molecule has 233 valence electrons. The van der Waals surface area contributed by atoms with Crippen molar-refractivity contribution in [1.82, 2.24) is 15.2 Å². The van der Waals surface area contributed by atoms with Gasteiger partial charge >= 0.3 is 35.7 Å². The second-order valence-corrected chi connectivity index (χ2v) is 13.7. The first kappa shape index (κ1) is 39.8. The SMILES string of the molecule is CC(C)(C)OC(=O)N1CCc2cc(F)c(Br)cc2C1.Fc1cc2c(cc1Br)CNCC2.Fc1cc2ccncc2cc1Br.[B].[H-].[Na+]. The van der Waals surface area contributed by atoms with E-state index in [0.717, 1.165) is 47.0 Å². The van der Waals surface area contributed by atoms with Gasteiger partial charge in [-0.1, -0.05) is 0 Å². The van der Waals surface area contributed by atoms with E-state index in [-0.39, 0.29) is 62.9 Å². The number of carbonyl (C=O) groups is 1. The van der Waals surface area contributed by atoms with Gasteiger partial charge in [0.2, 0.25) is 0 Å². The van der Waals surface area contributed by atoms with Crippen LogP contribution >= 0.6 is 47.8 Å². The van der Waals surface area contributed by atoms with Crippen LogP contribution in [-0.4, -0.2) is 43.1 Å². The normalized spacial score (nSPS) is 13.4. The fourth-order valence-corrected chi connectivity index (χ4v) is 5.73. The molecule has 0 saturated carbocycles. The number of carbonyl (C=O) groups excluding carboxylic acids is 1. The molecule has 3 heterocycles. The summed E-state index contributed by atoms with van der Waals surface area (Å²) in [7, 11) is 0. The summed E-state index contributed by atoms with van der Waals surface area (Å²) in [6.45, 7) is 8.35. The third kappa shape index (κ3) is 11.4. The van der Waals surface area contributed by atoms with Crippen molar-refractivity contribution < 1.29 is 53.7 Å². The predicted molar refractivity (Wildman–Crippen MR) is 180 cm³/mol. The van der Waals surface area contributed by atoms with Crippen molar-refractivity contribution in [3.8, 4) is 0 Å². The third-order valence-corrected chi connectivity index (χ3v) is 8.54. The molecule has 1 amide bonds. The number of amides is 1. The molecule has 0 aliphatic carbocycles. The molecule has 13 heteroatoms. The summed E-state index contributed by atoms with van der Waals surface area (Å²) in [6, 6.07) is 11.7. The Kier molecular flexibility index (Phi) is 15.6. The number of fused-ring (bicyclic) bond motifs is 3. The molecule has 2 aliphatic rings. The quantitative estimate of drug-likeness (QED) is 0.222. The van der Waals surface area contributed by atoms with E-state index in [1.54, 1.807) is 41.6 Å². The topological polar surface area (TPSA) is 54.5 Å². The Bertz CT molecular complexity index is 1580. The molecule has 2 aliphatic heterocycles. The third-order valence-electron chi connectivity index (χ3n) is 6.72. The average Bonchev–Trinajstić information content (AvgIpc) is 2.94. The number of pyridine rings is 1. The largest absolute Gasteiger partial charge is 1.00 e. The van der Waals surface area contributed by atoms with Gasteiger partial charge < -0.3 is 16.4 Å². The van der Waals surface area contributed by atoms with Crippen LogP contribution in [0.5, 0.6) is 0 Å². The molecule has 45 heavy (non-hydrogen) atoms. The van der Waals surface area contributed by atoms with Gasteiger partial charge in [0.25, 0.3) is 0 Å². The van der Waals surface area contributed by atoms with Gasteiger partial charge in [-0.05, 0) is 158 Å². The number of aromatic nitrogens is 1. The molecule has 0 bridgehead atoms. The summed E-state index contributed by atoms with van der Waals surface area (Å²) in [6.07, 6.45) is 4.62. The first-order valence-corrected chi connectivity index (χ1v) is 16.0. The minimum atomic E-state index is -0.499. The van der Waals surface area contributed by atoms with Crippen molar-refractivity contribution in [2.75, 3.05) is 13.1 Å². The van der Waals surface area contributed by atoms with E-state index in [2.05, 4.69) is 58.1 Å². The maximum absolute atomic E-state index is 13.4. The Hall–Kier alpha value is -1.41. The van der Waals surface area contributed by atoms with Gasteiger partial charge in [-0.15, -0.1) is 0 Å². The van der Waals surface area contributed by atoms with Crippen LogP contribution in [0.2, 0.25) is 0 Å². The van der Waals surface area contributed by atoms with Crippen molar-refractivity contribution in [3.63, 3.8) is 0 Å². The van der Waals surface area contributed by atoms with Gasteiger partial charge in [-0.2, -0.15) is 0 Å². The number of hydrogen-bond acceptors (Lipinski definition) is 4. The maximum atomic E-state index is 13.4. The van der Waals surface area contributed by atoms with Crippen LogP contribution in [0, 0.1) is 17.5 Å². The van der Waals surface area contributed by atoms with Crippen molar-refractivity contribution in [1.29, 1.82) is 0 Å². The molecule has 0 saturated heterocycles. The van der Waals surface area contributed by atoms with E-state index >= 15 is 0 Å². The van der Waals surface area contributed by atoms with E-state index in [0.29, 0.717) is 32.9 Å². The number of halogens is 6. The van der Waals surface area contributed by atoms with Crippen LogP contribution in [0.15, 0.2) is 68.3 Å². The molecule has 1 aromatic heterocycles. The summed E-state index contributed by atoms with van der Waals surface area (Å²) in [5, 5.41) is 5.05. The Morgan fingerprint density at radius 2 is 1.44 bits per heavy atom. The van der Waals surface area contributed by atoms with Gasteiger partial charge in [-0.25, -0.2) is 18.0 Å². The van der Waals surface area contributed by atoms with Gasteiger partial charge in [0.15, 0.2) is 0 Å². The van der Waals surface area contributed by atoms with Gasteiger partial charge in [0, 0.05) is 45.8 Å². The first-order valence-electron chi connectivity index (χ1n) is 13.6. The Morgan fingerprint density at radius 3 is 2.09 bits per heavy atom. The van der Waals surface area contributed by atoms with E-state index < -0.39 is 5.60 Å². The summed E-state index contributed by atoms with van der Waals surface area (Å²) < 4.78 is 46.3. The number of ether oxygens (including phenoxy) is 1. The number of benzene rings is 3. The minimum Gasteiger partial charge on any atom is -1.00 e. The number of hydrogen-bond donors (Lipinski definition) is 1. The van der Waals surface area contributed by atoms with Crippen molar-refractivity contribution >= 4 is 73.1 Å². The molecular weight excluding hydrogens is 789 g/mol. The second-order valence-electron chi connectivity index (χ2n) is 11.1. The summed E-state index contributed by atoms with van der Waals surface area (Å²) in [4.78, 5) is 17.6.